The van der Waals surface area contributed by atoms with Gasteiger partial charge in [0.05, 0.1) is 6.54 Å². The van der Waals surface area contributed by atoms with Gasteiger partial charge in [-0.3, -0.25) is 14.5 Å². The first-order valence-electron chi connectivity index (χ1n) is 10.3. The summed E-state index contributed by atoms with van der Waals surface area (Å²) in [6.45, 7) is 1.11. The van der Waals surface area contributed by atoms with E-state index in [1.807, 2.05) is 95.9 Å². The van der Waals surface area contributed by atoms with E-state index in [1.165, 1.54) is 0 Å². The smallest absolute Gasteiger partial charge is 0.187 e. The molecule has 1 heterocycles. The molecule has 160 valence electrons. The molecular formula is C27H21Br2NO2. The Kier molecular flexibility index (Phi) is 7.30. The van der Waals surface area contributed by atoms with Crippen LogP contribution in [0.1, 0.15) is 21.5 Å². The molecule has 0 bridgehead atoms. The number of likely N-dealkylation sites (tertiary alicyclic amines) is 1. The Balaban J connectivity index is 1.66. The Bertz CT molecular complexity index is 1150. The molecule has 3 nitrogen and oxygen atoms in total. The molecule has 32 heavy (non-hydrogen) atoms. The Morgan fingerprint density at radius 3 is 1.81 bits per heavy atom. The number of ketones is 2. The van der Waals surface area contributed by atoms with Gasteiger partial charge in [0.25, 0.3) is 0 Å². The van der Waals surface area contributed by atoms with E-state index in [9.17, 15) is 9.59 Å². The second-order valence-electron chi connectivity index (χ2n) is 7.71. The molecule has 0 spiro atoms. The van der Waals surface area contributed by atoms with E-state index in [1.54, 1.807) is 0 Å². The summed E-state index contributed by atoms with van der Waals surface area (Å²) in [7, 11) is 0. The number of nitrogens with zero attached hydrogens (tertiary/aromatic N) is 1. The van der Waals surface area contributed by atoms with E-state index in [2.05, 4.69) is 31.9 Å². The van der Waals surface area contributed by atoms with Gasteiger partial charge >= 0.3 is 0 Å². The van der Waals surface area contributed by atoms with Crippen molar-refractivity contribution < 1.29 is 9.59 Å². The summed E-state index contributed by atoms with van der Waals surface area (Å²) in [4.78, 5) is 28.2. The Morgan fingerprint density at radius 1 is 0.781 bits per heavy atom. The average Bonchev–Trinajstić information content (AvgIpc) is 2.77. The molecule has 0 unspecified atom stereocenters. The van der Waals surface area contributed by atoms with Gasteiger partial charge in [-0.05, 0) is 47.5 Å². The predicted molar refractivity (Wildman–Crippen MR) is 136 cm³/mol. The Labute approximate surface area is 204 Å². The zero-order valence-electron chi connectivity index (χ0n) is 17.3. The minimum absolute atomic E-state index is 0.0216. The van der Waals surface area contributed by atoms with Crippen LogP contribution in [-0.2, 0) is 4.79 Å². The van der Waals surface area contributed by atoms with Crippen LogP contribution in [0.5, 0.6) is 0 Å². The van der Waals surface area contributed by atoms with Crippen molar-refractivity contribution in [1.82, 2.24) is 4.90 Å². The lowest BCUT2D eigenvalue weighted by molar-refractivity contribution is -0.113. The van der Waals surface area contributed by atoms with Crippen LogP contribution in [0, 0.1) is 0 Å². The van der Waals surface area contributed by atoms with Gasteiger partial charge in [0.1, 0.15) is 0 Å². The summed E-state index contributed by atoms with van der Waals surface area (Å²) in [6, 6.07) is 25.0. The fraction of sp³-hybridized carbons (Fsp3) is 0.111. The van der Waals surface area contributed by atoms with E-state index < -0.39 is 0 Å². The standard InChI is InChI=1S/C27H21Br2NO2/c28-24-10-4-6-19(14-24)12-22-16-30(18-26(31)21-8-2-1-3-9-21)17-23(27(22)32)13-20-7-5-11-25(29)15-20/h1-15H,16-18H2/b22-12+,23-13+. The summed E-state index contributed by atoms with van der Waals surface area (Å²) in [5, 5.41) is 0. The molecule has 0 amide bonds. The zero-order chi connectivity index (χ0) is 22.5. The molecule has 0 aliphatic carbocycles. The second-order valence-corrected chi connectivity index (χ2v) is 9.54. The van der Waals surface area contributed by atoms with Crippen molar-refractivity contribution in [3.05, 3.63) is 116 Å². The highest BCUT2D eigenvalue weighted by Gasteiger charge is 2.27. The topological polar surface area (TPSA) is 37.4 Å². The number of hydrogen-bond donors (Lipinski definition) is 0. The molecule has 1 aliphatic heterocycles. The maximum Gasteiger partial charge on any atom is 0.187 e. The molecule has 0 atom stereocenters. The van der Waals surface area contributed by atoms with Crippen molar-refractivity contribution in [3.63, 3.8) is 0 Å². The van der Waals surface area contributed by atoms with Crippen molar-refractivity contribution in [1.29, 1.82) is 0 Å². The van der Waals surface area contributed by atoms with E-state index in [-0.39, 0.29) is 18.1 Å². The van der Waals surface area contributed by atoms with Crippen LogP contribution in [0.3, 0.4) is 0 Å². The first-order valence-corrected chi connectivity index (χ1v) is 11.8. The highest BCUT2D eigenvalue weighted by molar-refractivity contribution is 9.10. The molecule has 1 fully saturated rings. The van der Waals surface area contributed by atoms with E-state index in [4.69, 9.17) is 0 Å². The predicted octanol–water partition coefficient (Wildman–Crippen LogP) is 6.45. The van der Waals surface area contributed by atoms with Crippen LogP contribution in [-0.4, -0.2) is 36.1 Å². The normalized spacial score (nSPS) is 17.1. The average molecular weight is 551 g/mol. The van der Waals surface area contributed by atoms with Crippen molar-refractivity contribution in [2.45, 2.75) is 0 Å². The first kappa shape index (κ1) is 22.6. The molecule has 3 aromatic carbocycles. The molecule has 1 saturated heterocycles. The van der Waals surface area contributed by atoms with E-state index >= 15 is 0 Å². The molecular weight excluding hydrogens is 530 g/mol. The summed E-state index contributed by atoms with van der Waals surface area (Å²) in [5.41, 5.74) is 3.92. The molecule has 0 N–H and O–H groups in total. The minimum atomic E-state index is 0.0216. The van der Waals surface area contributed by atoms with Crippen LogP contribution in [0.4, 0.5) is 0 Å². The molecule has 0 aromatic heterocycles. The minimum Gasteiger partial charge on any atom is -0.293 e. The van der Waals surface area contributed by atoms with Crippen LogP contribution in [0.15, 0.2) is 99.0 Å². The summed E-state index contributed by atoms with van der Waals surface area (Å²) < 4.78 is 1.91. The lowest BCUT2D eigenvalue weighted by atomic mass is 9.94. The van der Waals surface area contributed by atoms with Crippen LogP contribution >= 0.6 is 31.9 Å². The number of benzene rings is 3. The number of hydrogen-bond acceptors (Lipinski definition) is 3. The Morgan fingerprint density at radius 2 is 1.31 bits per heavy atom. The molecule has 4 rings (SSSR count). The van der Waals surface area contributed by atoms with Gasteiger partial charge in [0.2, 0.25) is 0 Å². The monoisotopic (exact) mass is 549 g/mol. The molecule has 5 heteroatoms. The fourth-order valence-corrected chi connectivity index (χ4v) is 4.57. The zero-order valence-corrected chi connectivity index (χ0v) is 20.5. The highest BCUT2D eigenvalue weighted by Crippen LogP contribution is 2.24. The lowest BCUT2D eigenvalue weighted by Crippen LogP contribution is -2.40. The number of piperidine rings is 1. The molecule has 1 aliphatic rings. The third-order valence-electron chi connectivity index (χ3n) is 5.21. The van der Waals surface area contributed by atoms with Gasteiger partial charge in [-0.25, -0.2) is 0 Å². The van der Waals surface area contributed by atoms with Gasteiger partial charge in [0.15, 0.2) is 11.6 Å². The summed E-state index contributed by atoms with van der Waals surface area (Å²) in [6.07, 6.45) is 3.84. The first-order chi connectivity index (χ1) is 15.5. The molecule has 0 saturated carbocycles. The largest absolute Gasteiger partial charge is 0.293 e. The number of halogens is 2. The van der Waals surface area contributed by atoms with Gasteiger partial charge in [-0.1, -0.05) is 86.5 Å². The molecule has 3 aromatic rings. The highest BCUT2D eigenvalue weighted by atomic mass is 79.9. The van der Waals surface area contributed by atoms with Gasteiger partial charge in [0, 0.05) is 38.7 Å². The SMILES string of the molecule is O=C1/C(=C/c2cccc(Br)c2)CN(CC(=O)c2ccccc2)C/C1=C\c1cccc(Br)c1. The van der Waals surface area contributed by atoms with E-state index in [0.29, 0.717) is 29.8 Å². The van der Waals surface area contributed by atoms with Crippen molar-refractivity contribution in [2.75, 3.05) is 19.6 Å². The number of carbonyl (C=O) groups is 2. The number of carbonyl (C=O) groups excluding carboxylic acids is 2. The third-order valence-corrected chi connectivity index (χ3v) is 6.20. The van der Waals surface area contributed by atoms with E-state index in [0.717, 1.165) is 20.1 Å². The van der Waals surface area contributed by atoms with Gasteiger partial charge in [-0.15, -0.1) is 0 Å². The number of Topliss-reactive ketones (excluding diaryl/α,β-unsaturated/α-hetero) is 2. The van der Waals surface area contributed by atoms with Crippen molar-refractivity contribution in [2.24, 2.45) is 0 Å². The van der Waals surface area contributed by atoms with Gasteiger partial charge in [-0.2, -0.15) is 0 Å². The van der Waals surface area contributed by atoms with Crippen LogP contribution in [0.2, 0.25) is 0 Å². The summed E-state index contributed by atoms with van der Waals surface area (Å²) in [5.74, 6) is 0.0666. The second kappa shape index (κ2) is 10.3. The fourth-order valence-electron chi connectivity index (χ4n) is 3.74. The third kappa shape index (κ3) is 5.80. The maximum absolute atomic E-state index is 13.3. The van der Waals surface area contributed by atoms with Crippen molar-refractivity contribution in [3.8, 4) is 0 Å². The molecule has 0 radical (unpaired) electrons. The maximum atomic E-state index is 13.3. The van der Waals surface area contributed by atoms with Crippen LogP contribution < -0.4 is 0 Å². The number of rotatable bonds is 5. The Hall–Kier alpha value is -2.60. The summed E-state index contributed by atoms with van der Waals surface area (Å²) >= 11 is 6.98. The quantitative estimate of drug-likeness (QED) is 0.271. The lowest BCUT2D eigenvalue weighted by Gasteiger charge is -2.29. The van der Waals surface area contributed by atoms with Crippen molar-refractivity contribution >= 4 is 55.6 Å². The van der Waals surface area contributed by atoms with Gasteiger partial charge < -0.3 is 0 Å². The van der Waals surface area contributed by atoms with Crippen LogP contribution in [0.25, 0.3) is 12.2 Å².